The molecule has 1 aliphatic rings. The minimum atomic E-state index is -4.64. The van der Waals surface area contributed by atoms with E-state index in [1.807, 2.05) is 0 Å². The summed E-state index contributed by atoms with van der Waals surface area (Å²) in [7, 11) is 0. The number of carbonyl (C=O) groups is 1. The van der Waals surface area contributed by atoms with Crippen LogP contribution in [-0.4, -0.2) is 52.3 Å². The van der Waals surface area contributed by atoms with Gasteiger partial charge in [-0.25, -0.2) is 4.98 Å². The summed E-state index contributed by atoms with van der Waals surface area (Å²) in [5.74, 6) is 0.969. The molecule has 0 unspecified atom stereocenters. The quantitative estimate of drug-likeness (QED) is 0.422. The van der Waals surface area contributed by atoms with Crippen LogP contribution < -0.4 is 10.3 Å². The fourth-order valence-electron chi connectivity index (χ4n) is 4.06. The summed E-state index contributed by atoms with van der Waals surface area (Å²) in [5.41, 5.74) is -1.24. The number of rotatable bonds is 6. The van der Waals surface area contributed by atoms with Crippen molar-refractivity contribution in [2.45, 2.75) is 32.4 Å². The van der Waals surface area contributed by atoms with Crippen molar-refractivity contribution in [2.24, 2.45) is 0 Å². The highest BCUT2D eigenvalue weighted by atomic mass is 19.4. The first kappa shape index (κ1) is 25.2. The number of nitrogens with zero attached hydrogens (tertiary/aromatic N) is 3. The summed E-state index contributed by atoms with van der Waals surface area (Å²) in [5, 5.41) is 6.46. The Morgan fingerprint density at radius 3 is 2.38 bits per heavy atom. The molecule has 1 N–H and O–H groups in total. The maximum Gasteiger partial charge on any atom is 0.417 e. The molecule has 0 spiro atoms. The van der Waals surface area contributed by atoms with Gasteiger partial charge in [0.05, 0.1) is 28.8 Å². The summed E-state index contributed by atoms with van der Waals surface area (Å²) in [6, 6.07) is 10.3. The number of likely N-dealkylation sites (tertiary alicyclic amines) is 1. The van der Waals surface area contributed by atoms with Crippen molar-refractivity contribution in [3.63, 3.8) is 0 Å². The molecule has 4 rings (SSSR count). The number of fused-ring (bicyclic) bond motifs is 1. The predicted octanol–water partition coefficient (Wildman–Crippen LogP) is 4.28. The number of ether oxygens (including phenoxy) is 1. The normalized spacial score (nSPS) is 14.0. The molecule has 0 saturated carbocycles. The summed E-state index contributed by atoms with van der Waals surface area (Å²) in [4.78, 5) is 28.0. The first-order chi connectivity index (χ1) is 16.3. The average molecular weight is 477 g/mol. The summed E-state index contributed by atoms with van der Waals surface area (Å²) in [6.45, 7) is 5.25. The Hall–Kier alpha value is -3.40. The van der Waals surface area contributed by atoms with E-state index in [2.05, 4.69) is 9.88 Å². The van der Waals surface area contributed by atoms with Crippen molar-refractivity contribution in [3.8, 4) is 11.4 Å². The van der Waals surface area contributed by atoms with Crippen LogP contribution in [0.4, 0.5) is 13.2 Å². The average Bonchev–Trinajstić information content (AvgIpc) is 3.31. The molecule has 34 heavy (non-hydrogen) atoms. The van der Waals surface area contributed by atoms with Crippen molar-refractivity contribution in [2.75, 3.05) is 26.2 Å². The maximum atomic E-state index is 13.4. The highest BCUT2D eigenvalue weighted by Gasteiger charge is 2.34. The first-order valence-electron chi connectivity index (χ1n) is 10.9. The van der Waals surface area contributed by atoms with E-state index in [4.69, 9.17) is 14.6 Å². The minimum absolute atomic E-state index is 0.0338. The van der Waals surface area contributed by atoms with E-state index < -0.39 is 22.7 Å². The Kier molecular flexibility index (Phi) is 8.27. The fourth-order valence-corrected chi connectivity index (χ4v) is 4.06. The van der Waals surface area contributed by atoms with Crippen molar-refractivity contribution in [3.05, 3.63) is 64.2 Å². The molecule has 10 heteroatoms. The van der Waals surface area contributed by atoms with Crippen LogP contribution in [0.3, 0.4) is 0 Å². The zero-order valence-electron chi connectivity index (χ0n) is 18.7. The van der Waals surface area contributed by atoms with E-state index in [0.717, 1.165) is 32.1 Å². The topological polar surface area (TPSA) is 84.7 Å². The second kappa shape index (κ2) is 11.1. The Labute approximate surface area is 194 Å². The van der Waals surface area contributed by atoms with Gasteiger partial charge < -0.3 is 14.7 Å². The van der Waals surface area contributed by atoms with Gasteiger partial charge in [-0.15, -0.1) is 0 Å². The summed E-state index contributed by atoms with van der Waals surface area (Å²) < 4.78 is 47.3. The minimum Gasteiger partial charge on any atom is -0.494 e. The lowest BCUT2D eigenvalue weighted by Gasteiger charge is -2.15. The van der Waals surface area contributed by atoms with E-state index in [1.54, 1.807) is 31.2 Å². The van der Waals surface area contributed by atoms with Crippen molar-refractivity contribution in [1.82, 2.24) is 14.5 Å². The number of benzene rings is 2. The smallest absolute Gasteiger partial charge is 0.417 e. The lowest BCUT2D eigenvalue weighted by molar-refractivity contribution is -0.136. The number of hydrogen-bond donors (Lipinski definition) is 1. The largest absolute Gasteiger partial charge is 0.494 e. The molecule has 1 saturated heterocycles. The zero-order chi connectivity index (χ0) is 24.7. The number of hydrogen-bond acceptors (Lipinski definition) is 5. The van der Waals surface area contributed by atoms with E-state index in [1.165, 1.54) is 29.5 Å². The maximum absolute atomic E-state index is 13.4. The third kappa shape index (κ3) is 5.93. The van der Waals surface area contributed by atoms with Gasteiger partial charge in [0.15, 0.2) is 0 Å². The van der Waals surface area contributed by atoms with Gasteiger partial charge in [0.2, 0.25) is 0 Å². The number of alkyl halides is 3. The molecule has 0 radical (unpaired) electrons. The molecular formula is C24H26F3N3O4. The third-order valence-electron chi connectivity index (χ3n) is 5.55. The Morgan fingerprint density at radius 2 is 1.76 bits per heavy atom. The molecule has 3 aromatic rings. The zero-order valence-corrected chi connectivity index (χ0v) is 18.7. The van der Waals surface area contributed by atoms with E-state index >= 15 is 0 Å². The van der Waals surface area contributed by atoms with Gasteiger partial charge in [0.25, 0.3) is 12.0 Å². The number of halogens is 3. The highest BCUT2D eigenvalue weighted by Crippen LogP contribution is 2.33. The molecule has 2 aromatic carbocycles. The van der Waals surface area contributed by atoms with E-state index in [0.29, 0.717) is 23.9 Å². The first-order valence-corrected chi connectivity index (χ1v) is 10.9. The Morgan fingerprint density at radius 1 is 1.12 bits per heavy atom. The van der Waals surface area contributed by atoms with Crippen LogP contribution in [0.15, 0.2) is 47.3 Å². The molecule has 182 valence electrons. The van der Waals surface area contributed by atoms with Gasteiger partial charge in [-0.05, 0) is 75.7 Å². The monoisotopic (exact) mass is 477 g/mol. The number of carboxylic acid groups (broad SMARTS) is 1. The second-order valence-electron chi connectivity index (χ2n) is 7.85. The Balaban J connectivity index is 0.00000103. The molecule has 0 aliphatic carbocycles. The van der Waals surface area contributed by atoms with Gasteiger partial charge in [-0.3, -0.25) is 14.2 Å². The van der Waals surface area contributed by atoms with Gasteiger partial charge in [-0.2, -0.15) is 13.2 Å². The van der Waals surface area contributed by atoms with Crippen LogP contribution in [-0.2, 0) is 11.0 Å². The fraction of sp³-hybridized carbons (Fsp3) is 0.375. The van der Waals surface area contributed by atoms with Gasteiger partial charge in [-0.1, -0.05) is 6.07 Å². The highest BCUT2D eigenvalue weighted by molar-refractivity contribution is 5.82. The van der Waals surface area contributed by atoms with Crippen molar-refractivity contribution < 1.29 is 27.8 Å². The van der Waals surface area contributed by atoms with Crippen LogP contribution in [0.1, 0.15) is 30.7 Å². The SMILES string of the molecule is Cc1nc2cccc(C(F)(F)F)c2c(=O)n1-c1ccc(OCCCN2CCCC2)cc1.O=CO. The molecule has 0 amide bonds. The van der Waals surface area contributed by atoms with Crippen LogP contribution in [0, 0.1) is 6.92 Å². The van der Waals surface area contributed by atoms with Crippen LogP contribution in [0.5, 0.6) is 5.75 Å². The Bertz CT molecular complexity index is 1170. The molecule has 1 fully saturated rings. The summed E-state index contributed by atoms with van der Waals surface area (Å²) >= 11 is 0. The molecule has 7 nitrogen and oxygen atoms in total. The standard InChI is InChI=1S/C23H24F3N3O2.CH2O2/c1-16-27-20-7-4-6-19(23(24,25)26)21(20)22(30)29(16)17-8-10-18(11-9-17)31-15-5-14-28-12-2-3-13-28;2-1-3/h4,6-11H,2-3,5,12-15H2,1H3;1H,(H,2,3). The number of aromatic nitrogens is 2. The van der Waals surface area contributed by atoms with Crippen LogP contribution in [0.25, 0.3) is 16.6 Å². The molecule has 0 bridgehead atoms. The van der Waals surface area contributed by atoms with E-state index in [9.17, 15) is 18.0 Å². The molecular weight excluding hydrogens is 451 g/mol. The lowest BCUT2D eigenvalue weighted by atomic mass is 10.1. The molecule has 2 heterocycles. The van der Waals surface area contributed by atoms with E-state index in [-0.39, 0.29) is 12.0 Å². The van der Waals surface area contributed by atoms with Crippen LogP contribution >= 0.6 is 0 Å². The second-order valence-corrected chi connectivity index (χ2v) is 7.85. The van der Waals surface area contributed by atoms with Gasteiger partial charge >= 0.3 is 6.18 Å². The summed E-state index contributed by atoms with van der Waals surface area (Å²) in [6.07, 6.45) is -1.19. The van der Waals surface area contributed by atoms with Crippen molar-refractivity contribution >= 4 is 17.4 Å². The molecule has 1 aromatic heterocycles. The predicted molar refractivity (Wildman–Crippen MR) is 122 cm³/mol. The molecule has 0 atom stereocenters. The molecule has 1 aliphatic heterocycles. The number of aryl methyl sites for hydroxylation is 1. The lowest BCUT2D eigenvalue weighted by Crippen LogP contribution is -2.24. The van der Waals surface area contributed by atoms with Gasteiger partial charge in [0, 0.05) is 6.54 Å². The van der Waals surface area contributed by atoms with Gasteiger partial charge in [0.1, 0.15) is 11.6 Å². The third-order valence-corrected chi connectivity index (χ3v) is 5.55. The van der Waals surface area contributed by atoms with Crippen molar-refractivity contribution in [1.29, 1.82) is 0 Å². The van der Waals surface area contributed by atoms with Crippen LogP contribution in [0.2, 0.25) is 0 Å².